The molecule has 1 aliphatic heterocycles. The molecule has 5 rings (SSSR count). The van der Waals surface area contributed by atoms with E-state index in [2.05, 4.69) is 9.97 Å². The molecule has 0 radical (unpaired) electrons. The van der Waals surface area contributed by atoms with Gasteiger partial charge in [0.1, 0.15) is 21.3 Å². The van der Waals surface area contributed by atoms with E-state index < -0.39 is 19.7 Å². The van der Waals surface area contributed by atoms with Gasteiger partial charge in [0.15, 0.2) is 0 Å². The minimum atomic E-state index is -3.61. The van der Waals surface area contributed by atoms with E-state index in [4.69, 9.17) is 39.5 Å². The molecule has 1 saturated heterocycles. The zero-order valence-electron chi connectivity index (χ0n) is 20.2. The molecule has 0 amide bonds. The van der Waals surface area contributed by atoms with Crippen molar-refractivity contribution >= 4 is 60.3 Å². The number of morpholine rings is 1. The van der Waals surface area contributed by atoms with Crippen molar-refractivity contribution in [1.29, 1.82) is 0 Å². The third-order valence-electron chi connectivity index (χ3n) is 5.55. The molecule has 1 fully saturated rings. The summed E-state index contributed by atoms with van der Waals surface area (Å²) >= 11 is 17.4. The topological polar surface area (TPSA) is 107 Å². The Morgan fingerprint density at radius 3 is 1.46 bits per heavy atom. The maximum atomic E-state index is 12.7. The summed E-state index contributed by atoms with van der Waals surface area (Å²) in [5.41, 5.74) is 0. The Balaban J connectivity index is 0.000000187. The smallest absolute Gasteiger partial charge is 0.206 e. The van der Waals surface area contributed by atoms with Crippen LogP contribution in [-0.4, -0.2) is 53.1 Å². The van der Waals surface area contributed by atoms with E-state index in [9.17, 15) is 16.8 Å². The average molecular weight is 627 g/mol. The first-order valence-electron chi connectivity index (χ1n) is 11.5. The van der Waals surface area contributed by atoms with Gasteiger partial charge in [-0.3, -0.25) is 0 Å². The third kappa shape index (κ3) is 7.27. The average Bonchev–Trinajstić information content (AvgIpc) is 2.94. The van der Waals surface area contributed by atoms with E-state index in [-0.39, 0.29) is 35.0 Å². The Labute approximate surface area is 242 Å². The summed E-state index contributed by atoms with van der Waals surface area (Å²) < 4.78 is 55.1. The van der Waals surface area contributed by atoms with Gasteiger partial charge in [0.05, 0.1) is 32.8 Å². The molecule has 204 valence electrons. The van der Waals surface area contributed by atoms with Crippen molar-refractivity contribution in [3.05, 3.63) is 100 Å². The highest BCUT2D eigenvalue weighted by Gasteiger charge is 2.22. The molecular weight excluding hydrogens is 605 g/mol. The van der Waals surface area contributed by atoms with Gasteiger partial charge in [0, 0.05) is 13.1 Å². The SMILES string of the molecule is O=S(=O)(c1ccccc1)c1cc(Cl)nc(Cl)c1.O=S(=O)(c1ccccc1)c1cc(Cl)nc(N2CCOCC2)c1. The van der Waals surface area contributed by atoms with Crippen LogP contribution in [0.4, 0.5) is 5.82 Å². The lowest BCUT2D eigenvalue weighted by molar-refractivity contribution is 0.122. The van der Waals surface area contributed by atoms with Gasteiger partial charge in [0.25, 0.3) is 0 Å². The van der Waals surface area contributed by atoms with Crippen LogP contribution in [0.5, 0.6) is 0 Å². The number of anilines is 1. The van der Waals surface area contributed by atoms with Crippen LogP contribution in [0.2, 0.25) is 15.5 Å². The predicted octanol–water partition coefficient (Wildman–Crippen LogP) is 5.63. The summed E-state index contributed by atoms with van der Waals surface area (Å²) in [4.78, 5) is 10.5. The second kappa shape index (κ2) is 12.6. The number of sulfone groups is 2. The number of ether oxygens (including phenoxy) is 1. The normalized spacial score (nSPS) is 13.9. The molecule has 3 heterocycles. The van der Waals surface area contributed by atoms with Crippen LogP contribution >= 0.6 is 34.8 Å². The fraction of sp³-hybridized carbons (Fsp3) is 0.154. The molecule has 0 spiro atoms. The Bertz CT molecular complexity index is 1630. The first kappa shape index (κ1) is 29.3. The van der Waals surface area contributed by atoms with Crippen molar-refractivity contribution in [2.24, 2.45) is 0 Å². The van der Waals surface area contributed by atoms with Crippen molar-refractivity contribution in [3.63, 3.8) is 0 Å². The lowest BCUT2D eigenvalue weighted by Crippen LogP contribution is -2.36. The van der Waals surface area contributed by atoms with Gasteiger partial charge in [-0.1, -0.05) is 71.2 Å². The Morgan fingerprint density at radius 1 is 0.590 bits per heavy atom. The molecule has 0 aliphatic carbocycles. The van der Waals surface area contributed by atoms with Gasteiger partial charge in [-0.25, -0.2) is 26.8 Å². The molecule has 2 aromatic carbocycles. The number of nitrogens with zero attached hydrogens (tertiary/aromatic N) is 3. The number of pyridine rings is 2. The fourth-order valence-corrected chi connectivity index (χ4v) is 7.13. The Hall–Kier alpha value is -2.73. The number of hydrogen-bond donors (Lipinski definition) is 0. The summed E-state index contributed by atoms with van der Waals surface area (Å²) in [6.07, 6.45) is 0. The second-order valence-electron chi connectivity index (χ2n) is 8.16. The van der Waals surface area contributed by atoms with E-state index in [1.54, 1.807) is 54.6 Å². The van der Waals surface area contributed by atoms with Gasteiger partial charge in [-0.2, -0.15) is 0 Å². The van der Waals surface area contributed by atoms with E-state index >= 15 is 0 Å². The van der Waals surface area contributed by atoms with Crippen LogP contribution in [-0.2, 0) is 24.4 Å². The highest BCUT2D eigenvalue weighted by Crippen LogP contribution is 2.27. The lowest BCUT2D eigenvalue weighted by atomic mass is 10.3. The maximum Gasteiger partial charge on any atom is 0.206 e. The number of hydrogen-bond acceptors (Lipinski definition) is 8. The van der Waals surface area contributed by atoms with Crippen molar-refractivity contribution in [2.75, 3.05) is 31.2 Å². The van der Waals surface area contributed by atoms with E-state index in [1.807, 2.05) is 4.90 Å². The minimum absolute atomic E-state index is 0.0358. The van der Waals surface area contributed by atoms with Crippen LogP contribution in [0.15, 0.2) is 105 Å². The molecule has 1 aliphatic rings. The monoisotopic (exact) mass is 625 g/mol. The van der Waals surface area contributed by atoms with Crippen molar-refractivity contribution in [2.45, 2.75) is 19.6 Å². The number of aromatic nitrogens is 2. The van der Waals surface area contributed by atoms with Crippen molar-refractivity contribution < 1.29 is 21.6 Å². The lowest BCUT2D eigenvalue weighted by Gasteiger charge is -2.28. The molecule has 13 heteroatoms. The summed E-state index contributed by atoms with van der Waals surface area (Å²) in [7, 11) is -7.20. The standard InChI is InChI=1S/C15H15ClN2O3S.C11H7Cl2NO2S/c16-14-10-13(22(19,20)12-4-2-1-3-5-12)11-15(17-14)18-6-8-21-9-7-18;12-10-6-9(7-11(13)14-10)17(15,16)8-4-2-1-3-5-8/h1-5,10-11H,6-9H2;1-7H. The van der Waals surface area contributed by atoms with Crippen LogP contribution in [0.3, 0.4) is 0 Å². The first-order chi connectivity index (χ1) is 18.6. The van der Waals surface area contributed by atoms with Gasteiger partial charge >= 0.3 is 0 Å². The third-order valence-corrected chi connectivity index (χ3v) is 9.63. The Kier molecular flexibility index (Phi) is 9.47. The van der Waals surface area contributed by atoms with Crippen LogP contribution in [0.1, 0.15) is 0 Å². The summed E-state index contributed by atoms with van der Waals surface area (Å²) in [5.74, 6) is 0.560. The molecule has 2 aromatic heterocycles. The van der Waals surface area contributed by atoms with Crippen molar-refractivity contribution in [1.82, 2.24) is 9.97 Å². The van der Waals surface area contributed by atoms with Gasteiger partial charge in [0.2, 0.25) is 19.7 Å². The number of halogens is 3. The summed E-state index contributed by atoms with van der Waals surface area (Å²) in [6, 6.07) is 21.9. The number of benzene rings is 2. The molecule has 0 atom stereocenters. The largest absolute Gasteiger partial charge is 0.378 e. The molecule has 0 unspecified atom stereocenters. The Morgan fingerprint density at radius 2 is 1.00 bits per heavy atom. The maximum absolute atomic E-state index is 12.7. The zero-order valence-corrected chi connectivity index (χ0v) is 24.1. The molecule has 0 saturated carbocycles. The zero-order chi connectivity index (χ0) is 28.0. The first-order valence-corrected chi connectivity index (χ1v) is 15.6. The highest BCUT2D eigenvalue weighted by molar-refractivity contribution is 7.91. The molecule has 8 nitrogen and oxygen atoms in total. The van der Waals surface area contributed by atoms with Gasteiger partial charge < -0.3 is 9.64 Å². The highest BCUT2D eigenvalue weighted by atomic mass is 35.5. The number of rotatable bonds is 5. The molecule has 0 N–H and O–H groups in total. The van der Waals surface area contributed by atoms with Gasteiger partial charge in [-0.05, 0) is 48.5 Å². The van der Waals surface area contributed by atoms with Crippen LogP contribution in [0.25, 0.3) is 0 Å². The van der Waals surface area contributed by atoms with Crippen LogP contribution < -0.4 is 4.90 Å². The molecular formula is C26H22Cl3N3O5S2. The minimum Gasteiger partial charge on any atom is -0.378 e. The second-order valence-corrected chi connectivity index (χ2v) is 13.2. The predicted molar refractivity (Wildman–Crippen MR) is 150 cm³/mol. The summed E-state index contributed by atoms with van der Waals surface area (Å²) in [5, 5.41) is 0.262. The fourth-order valence-electron chi connectivity index (χ4n) is 3.64. The molecule has 39 heavy (non-hydrogen) atoms. The van der Waals surface area contributed by atoms with E-state index in [0.717, 1.165) is 0 Å². The van der Waals surface area contributed by atoms with Crippen molar-refractivity contribution in [3.8, 4) is 0 Å². The molecule has 4 aromatic rings. The quantitative estimate of drug-likeness (QED) is 0.263. The molecule has 0 bridgehead atoms. The van der Waals surface area contributed by atoms with Gasteiger partial charge in [-0.15, -0.1) is 0 Å². The van der Waals surface area contributed by atoms with E-state index in [1.165, 1.54) is 30.3 Å². The van der Waals surface area contributed by atoms with E-state index in [0.29, 0.717) is 32.1 Å². The van der Waals surface area contributed by atoms with Crippen LogP contribution in [0, 0.1) is 0 Å². The summed E-state index contributed by atoms with van der Waals surface area (Å²) in [6.45, 7) is 2.51.